The molecule has 0 bridgehead atoms. The number of amides is 1. The van der Waals surface area contributed by atoms with Gasteiger partial charge < -0.3 is 10.3 Å². The van der Waals surface area contributed by atoms with Crippen LogP contribution in [0.3, 0.4) is 0 Å². The number of aryl methyl sites for hydroxylation is 1. The molecule has 0 saturated carbocycles. The molecule has 0 aliphatic rings. The van der Waals surface area contributed by atoms with Gasteiger partial charge in [-0.15, -0.1) is 0 Å². The van der Waals surface area contributed by atoms with Crippen LogP contribution in [-0.4, -0.2) is 16.0 Å². The van der Waals surface area contributed by atoms with Gasteiger partial charge in [0.25, 0.3) is 5.91 Å². The molecule has 150 valence electrons. The van der Waals surface area contributed by atoms with Crippen molar-refractivity contribution in [3.63, 3.8) is 0 Å². The summed E-state index contributed by atoms with van der Waals surface area (Å²) in [5, 5.41) is 4.88. The van der Waals surface area contributed by atoms with Gasteiger partial charge in [0, 0.05) is 27.2 Å². The highest BCUT2D eigenvalue weighted by Crippen LogP contribution is 2.33. The molecule has 1 heterocycles. The fraction of sp³-hybridized carbons (Fsp3) is 0.0435. The van der Waals surface area contributed by atoms with E-state index in [1.54, 1.807) is 24.3 Å². The lowest BCUT2D eigenvalue weighted by Gasteiger charge is -2.12. The highest BCUT2D eigenvalue weighted by Gasteiger charge is 2.19. The topological polar surface area (TPSA) is 69.0 Å². The van der Waals surface area contributed by atoms with E-state index < -0.39 is 0 Å². The third kappa shape index (κ3) is 4.30. The Morgan fingerprint density at radius 1 is 0.967 bits per heavy atom. The van der Waals surface area contributed by atoms with Crippen molar-refractivity contribution in [1.82, 2.24) is 15.8 Å². The first-order chi connectivity index (χ1) is 14.5. The van der Waals surface area contributed by atoms with Gasteiger partial charge in [-0.05, 0) is 61.1 Å². The minimum Gasteiger partial charge on any atom is -0.350 e. The van der Waals surface area contributed by atoms with Crippen LogP contribution in [0.4, 0.5) is 5.69 Å². The minimum atomic E-state index is -0.317. The van der Waals surface area contributed by atoms with Crippen LogP contribution >= 0.6 is 23.8 Å². The zero-order valence-electron chi connectivity index (χ0n) is 16.1. The van der Waals surface area contributed by atoms with Crippen LogP contribution in [0.1, 0.15) is 16.1 Å². The Morgan fingerprint density at radius 2 is 1.70 bits per heavy atom. The van der Waals surface area contributed by atoms with E-state index in [2.05, 4.69) is 27.2 Å². The number of aromatic amines is 1. The molecule has 4 aromatic rings. The van der Waals surface area contributed by atoms with E-state index in [1.165, 1.54) is 0 Å². The summed E-state index contributed by atoms with van der Waals surface area (Å²) in [5.41, 5.74) is 10.5. The summed E-state index contributed by atoms with van der Waals surface area (Å²) in [4.78, 5) is 16.2. The number of rotatable bonds is 3. The predicted molar refractivity (Wildman–Crippen MR) is 127 cm³/mol. The number of anilines is 1. The maximum Gasteiger partial charge on any atom is 0.286 e. The molecule has 0 unspecified atom stereocenters. The minimum absolute atomic E-state index is 0.263. The average molecular weight is 435 g/mol. The average Bonchev–Trinajstić information content (AvgIpc) is 3.13. The lowest BCUT2D eigenvalue weighted by atomic mass is 10.0. The van der Waals surface area contributed by atoms with Gasteiger partial charge >= 0.3 is 0 Å². The lowest BCUT2D eigenvalue weighted by Crippen LogP contribution is -2.44. The molecule has 0 spiro atoms. The molecule has 0 aliphatic carbocycles. The molecule has 0 aliphatic heterocycles. The molecule has 0 fully saturated rings. The molecule has 5 nitrogen and oxygen atoms in total. The van der Waals surface area contributed by atoms with Gasteiger partial charge in [-0.1, -0.05) is 53.6 Å². The van der Waals surface area contributed by atoms with E-state index in [9.17, 15) is 4.79 Å². The van der Waals surface area contributed by atoms with Crippen LogP contribution < -0.4 is 16.2 Å². The summed E-state index contributed by atoms with van der Waals surface area (Å²) >= 11 is 11.2. The molecule has 0 atom stereocenters. The quantitative estimate of drug-likeness (QED) is 0.256. The van der Waals surface area contributed by atoms with Crippen LogP contribution in [0.15, 0.2) is 72.8 Å². The van der Waals surface area contributed by atoms with Crippen molar-refractivity contribution < 1.29 is 4.79 Å². The van der Waals surface area contributed by atoms with Gasteiger partial charge in [-0.2, -0.15) is 0 Å². The molecule has 3 aromatic carbocycles. The summed E-state index contributed by atoms with van der Waals surface area (Å²) in [7, 11) is 0. The van der Waals surface area contributed by atoms with Crippen molar-refractivity contribution in [2.75, 3.05) is 5.32 Å². The van der Waals surface area contributed by atoms with Gasteiger partial charge in [0.15, 0.2) is 5.11 Å². The van der Waals surface area contributed by atoms with Crippen LogP contribution in [0, 0.1) is 6.92 Å². The van der Waals surface area contributed by atoms with Crippen molar-refractivity contribution >= 4 is 51.4 Å². The molecule has 4 rings (SSSR count). The molecule has 0 saturated heterocycles. The summed E-state index contributed by atoms with van der Waals surface area (Å²) in [6, 6.07) is 23.0. The zero-order chi connectivity index (χ0) is 21.1. The number of halogens is 1. The standard InChI is InChI=1S/C23H19ClN4OS/c1-14-7-12-19-18(13-14)20(15-5-3-2-4-6-15)21(26-19)22(29)27-28-23(30)25-17-10-8-16(24)9-11-17/h2-13,26H,1H3,(H,27,29)(H2,25,28,30). The van der Waals surface area contributed by atoms with E-state index in [0.29, 0.717) is 10.7 Å². The van der Waals surface area contributed by atoms with Crippen LogP contribution in [0.25, 0.3) is 22.0 Å². The third-order valence-electron chi connectivity index (χ3n) is 4.64. The summed E-state index contributed by atoms with van der Waals surface area (Å²) < 4.78 is 0. The van der Waals surface area contributed by atoms with Crippen LogP contribution in [0.5, 0.6) is 0 Å². The Balaban J connectivity index is 1.57. The number of nitrogens with one attached hydrogen (secondary N) is 4. The Morgan fingerprint density at radius 3 is 2.43 bits per heavy atom. The third-order valence-corrected chi connectivity index (χ3v) is 5.09. The van der Waals surface area contributed by atoms with E-state index in [4.69, 9.17) is 23.8 Å². The number of aromatic nitrogens is 1. The van der Waals surface area contributed by atoms with Crippen molar-refractivity contribution in [2.45, 2.75) is 6.92 Å². The van der Waals surface area contributed by atoms with Gasteiger partial charge in [-0.25, -0.2) is 0 Å². The monoisotopic (exact) mass is 434 g/mol. The second-order valence-corrected chi connectivity index (χ2v) is 7.67. The maximum absolute atomic E-state index is 13.0. The Kier molecular flexibility index (Phi) is 5.70. The molecular weight excluding hydrogens is 416 g/mol. The second kappa shape index (κ2) is 8.57. The highest BCUT2D eigenvalue weighted by molar-refractivity contribution is 7.80. The normalized spacial score (nSPS) is 10.6. The number of carbonyl (C=O) groups excluding carboxylic acids is 1. The zero-order valence-corrected chi connectivity index (χ0v) is 17.7. The van der Waals surface area contributed by atoms with E-state index >= 15 is 0 Å². The summed E-state index contributed by atoms with van der Waals surface area (Å²) in [6.45, 7) is 2.03. The Labute approximate surface area is 184 Å². The van der Waals surface area contributed by atoms with Crippen LogP contribution in [-0.2, 0) is 0 Å². The Hall–Kier alpha value is -3.35. The number of fused-ring (bicyclic) bond motifs is 1. The van der Waals surface area contributed by atoms with Gasteiger partial charge in [0.05, 0.1) is 0 Å². The summed E-state index contributed by atoms with van der Waals surface area (Å²) in [5.74, 6) is -0.317. The number of hydrogen-bond acceptors (Lipinski definition) is 2. The summed E-state index contributed by atoms with van der Waals surface area (Å²) in [6.07, 6.45) is 0. The maximum atomic E-state index is 13.0. The smallest absolute Gasteiger partial charge is 0.286 e. The molecular formula is C23H19ClN4OS. The molecule has 30 heavy (non-hydrogen) atoms. The number of H-pyrrole nitrogens is 1. The molecule has 0 radical (unpaired) electrons. The molecule has 1 amide bonds. The highest BCUT2D eigenvalue weighted by atomic mass is 35.5. The fourth-order valence-electron chi connectivity index (χ4n) is 3.25. The van der Waals surface area contributed by atoms with Crippen LogP contribution in [0.2, 0.25) is 5.02 Å². The van der Waals surface area contributed by atoms with Crippen molar-refractivity contribution in [1.29, 1.82) is 0 Å². The predicted octanol–water partition coefficient (Wildman–Crippen LogP) is 5.43. The first-order valence-corrected chi connectivity index (χ1v) is 10.1. The van der Waals surface area contributed by atoms with Crippen molar-refractivity contribution in [3.05, 3.63) is 89.1 Å². The largest absolute Gasteiger partial charge is 0.350 e. The van der Waals surface area contributed by atoms with Gasteiger partial charge in [-0.3, -0.25) is 15.6 Å². The number of thiocarbonyl (C=S) groups is 1. The molecule has 1 aromatic heterocycles. The number of hydrogen-bond donors (Lipinski definition) is 4. The van der Waals surface area contributed by atoms with Gasteiger partial charge in [0.1, 0.15) is 5.69 Å². The van der Waals surface area contributed by atoms with E-state index in [-0.39, 0.29) is 11.0 Å². The SMILES string of the molecule is Cc1ccc2[nH]c(C(=O)NNC(=S)Nc3ccc(Cl)cc3)c(-c3ccccc3)c2c1. The van der Waals surface area contributed by atoms with E-state index in [1.807, 2.05) is 49.4 Å². The van der Waals surface area contributed by atoms with E-state index in [0.717, 1.165) is 33.3 Å². The Bertz CT molecular complexity index is 1220. The number of hydrazine groups is 1. The van der Waals surface area contributed by atoms with Gasteiger partial charge in [0.2, 0.25) is 0 Å². The lowest BCUT2D eigenvalue weighted by molar-refractivity contribution is 0.0940. The van der Waals surface area contributed by atoms with Crippen molar-refractivity contribution in [2.24, 2.45) is 0 Å². The number of benzene rings is 3. The molecule has 7 heteroatoms. The fourth-order valence-corrected chi connectivity index (χ4v) is 3.55. The first-order valence-electron chi connectivity index (χ1n) is 9.32. The second-order valence-electron chi connectivity index (χ2n) is 6.83. The number of carbonyl (C=O) groups is 1. The van der Waals surface area contributed by atoms with Crippen molar-refractivity contribution in [3.8, 4) is 11.1 Å². The first kappa shape index (κ1) is 19.9. The molecule has 4 N–H and O–H groups in total.